The van der Waals surface area contributed by atoms with Crippen molar-refractivity contribution in [2.24, 2.45) is 0 Å². The molecule has 1 amide bonds. The van der Waals surface area contributed by atoms with E-state index >= 15 is 0 Å². The van der Waals surface area contributed by atoms with Crippen LogP contribution in [0.2, 0.25) is 0 Å². The monoisotopic (exact) mass is 321 g/mol. The summed E-state index contributed by atoms with van der Waals surface area (Å²) in [4.78, 5) is 14.1. The molecule has 1 unspecified atom stereocenters. The van der Waals surface area contributed by atoms with Gasteiger partial charge in [-0.15, -0.1) is 0 Å². The van der Waals surface area contributed by atoms with Crippen LogP contribution in [0, 0.1) is 11.3 Å². The zero-order valence-corrected chi connectivity index (χ0v) is 12.4. The van der Waals surface area contributed by atoms with E-state index in [4.69, 9.17) is 5.26 Å². The number of carbonyl (C=O) groups is 1. The van der Waals surface area contributed by atoms with Crippen LogP contribution in [0.1, 0.15) is 25.3 Å². The van der Waals surface area contributed by atoms with Crippen molar-refractivity contribution in [3.63, 3.8) is 0 Å². The minimum atomic E-state index is -0.279. The highest BCUT2D eigenvalue weighted by Crippen LogP contribution is 2.20. The van der Waals surface area contributed by atoms with Gasteiger partial charge in [0, 0.05) is 23.2 Å². The molecule has 1 N–H and O–H groups in total. The van der Waals surface area contributed by atoms with Gasteiger partial charge in [0.2, 0.25) is 5.91 Å². The largest absolute Gasteiger partial charge is 0.374 e. The molecule has 0 aliphatic carbocycles. The molecule has 19 heavy (non-hydrogen) atoms. The van der Waals surface area contributed by atoms with E-state index in [0.717, 1.165) is 36.1 Å². The molecule has 0 bridgehead atoms. The Labute approximate surface area is 121 Å². The predicted octanol–water partition coefficient (Wildman–Crippen LogP) is 2.74. The Kier molecular flexibility index (Phi) is 4.43. The number of likely N-dealkylation sites (tertiary alicyclic amines) is 1. The second-order valence-corrected chi connectivity index (χ2v) is 5.65. The first-order valence-electron chi connectivity index (χ1n) is 6.36. The highest BCUT2D eigenvalue weighted by atomic mass is 79.9. The molecule has 1 aromatic carbocycles. The number of nitrogens with one attached hydrogen (secondary N) is 1. The van der Waals surface area contributed by atoms with Crippen LogP contribution in [0.25, 0.3) is 0 Å². The number of anilines is 1. The zero-order valence-electron chi connectivity index (χ0n) is 10.8. The molecule has 0 radical (unpaired) electrons. The maximum absolute atomic E-state index is 12.2. The first-order valence-corrected chi connectivity index (χ1v) is 7.15. The van der Waals surface area contributed by atoms with Gasteiger partial charge < -0.3 is 10.2 Å². The summed E-state index contributed by atoms with van der Waals surface area (Å²) in [6.45, 7) is 3.56. The number of halogens is 1. The molecule has 1 atom stereocenters. The molecular formula is C14H16BrN3O. The smallest absolute Gasteiger partial charge is 0.244 e. The SMILES string of the molecule is CC(Nc1cc(Br)cc(C#N)c1)C(=O)N1CCCC1. The Morgan fingerprint density at radius 2 is 2.11 bits per heavy atom. The van der Waals surface area contributed by atoms with Crippen molar-refractivity contribution in [2.45, 2.75) is 25.8 Å². The Morgan fingerprint density at radius 3 is 2.74 bits per heavy atom. The van der Waals surface area contributed by atoms with Crippen LogP contribution in [0.15, 0.2) is 22.7 Å². The first-order chi connectivity index (χ1) is 9.10. The molecule has 0 saturated carbocycles. The summed E-state index contributed by atoms with van der Waals surface area (Å²) >= 11 is 3.36. The Morgan fingerprint density at radius 1 is 1.42 bits per heavy atom. The summed E-state index contributed by atoms with van der Waals surface area (Å²) in [7, 11) is 0. The lowest BCUT2D eigenvalue weighted by Crippen LogP contribution is -2.39. The average molecular weight is 322 g/mol. The van der Waals surface area contributed by atoms with Crippen molar-refractivity contribution in [2.75, 3.05) is 18.4 Å². The van der Waals surface area contributed by atoms with Gasteiger partial charge in [-0.05, 0) is 38.0 Å². The van der Waals surface area contributed by atoms with Gasteiger partial charge in [0.25, 0.3) is 0 Å². The number of carbonyl (C=O) groups excluding carboxylic acids is 1. The highest BCUT2D eigenvalue weighted by Gasteiger charge is 2.23. The summed E-state index contributed by atoms with van der Waals surface area (Å²) in [5.74, 6) is 0.121. The van der Waals surface area contributed by atoms with Gasteiger partial charge in [0.05, 0.1) is 11.6 Å². The van der Waals surface area contributed by atoms with Crippen LogP contribution in [-0.4, -0.2) is 29.9 Å². The maximum atomic E-state index is 12.2. The normalized spacial score (nSPS) is 15.9. The highest BCUT2D eigenvalue weighted by molar-refractivity contribution is 9.10. The minimum Gasteiger partial charge on any atom is -0.374 e. The standard InChI is InChI=1S/C14H16BrN3O/c1-10(14(19)18-4-2-3-5-18)17-13-7-11(9-16)6-12(15)8-13/h6-8,10,17H,2-5H2,1H3. The number of hydrogen-bond acceptors (Lipinski definition) is 3. The fourth-order valence-corrected chi connectivity index (χ4v) is 2.75. The molecule has 1 saturated heterocycles. The Hall–Kier alpha value is -1.54. The lowest BCUT2D eigenvalue weighted by molar-refractivity contribution is -0.130. The van der Waals surface area contributed by atoms with Crippen LogP contribution in [0.3, 0.4) is 0 Å². The zero-order chi connectivity index (χ0) is 13.8. The van der Waals surface area contributed by atoms with Gasteiger partial charge in [-0.25, -0.2) is 0 Å². The van der Waals surface area contributed by atoms with Crippen LogP contribution in [-0.2, 0) is 4.79 Å². The lowest BCUT2D eigenvalue weighted by atomic mass is 10.2. The van der Waals surface area contributed by atoms with E-state index in [-0.39, 0.29) is 11.9 Å². The van der Waals surface area contributed by atoms with E-state index < -0.39 is 0 Å². The summed E-state index contributed by atoms with van der Waals surface area (Å²) < 4.78 is 0.829. The van der Waals surface area contributed by atoms with Gasteiger partial charge >= 0.3 is 0 Å². The van der Waals surface area contributed by atoms with Crippen LogP contribution in [0.5, 0.6) is 0 Å². The molecule has 0 aromatic heterocycles. The van der Waals surface area contributed by atoms with Crippen molar-refractivity contribution in [1.82, 2.24) is 4.90 Å². The van der Waals surface area contributed by atoms with Crippen LogP contribution < -0.4 is 5.32 Å². The van der Waals surface area contributed by atoms with E-state index in [2.05, 4.69) is 27.3 Å². The molecule has 0 spiro atoms. The number of rotatable bonds is 3. The maximum Gasteiger partial charge on any atom is 0.244 e. The van der Waals surface area contributed by atoms with Gasteiger partial charge in [0.15, 0.2) is 0 Å². The molecule has 100 valence electrons. The van der Waals surface area contributed by atoms with Crippen molar-refractivity contribution in [3.8, 4) is 6.07 Å². The Balaban J connectivity index is 2.06. The van der Waals surface area contributed by atoms with Gasteiger partial charge in [-0.1, -0.05) is 15.9 Å². The number of nitrogens with zero attached hydrogens (tertiary/aromatic N) is 2. The summed E-state index contributed by atoms with van der Waals surface area (Å²) in [5.41, 5.74) is 1.35. The van der Waals surface area contributed by atoms with Crippen LogP contribution in [0.4, 0.5) is 5.69 Å². The average Bonchev–Trinajstić information content (AvgIpc) is 2.90. The van der Waals surface area contributed by atoms with Crippen LogP contribution >= 0.6 is 15.9 Å². The first kappa shape index (κ1) is 13.9. The van der Waals surface area contributed by atoms with Gasteiger partial charge in [-0.3, -0.25) is 4.79 Å². The van der Waals surface area contributed by atoms with Gasteiger partial charge in [0.1, 0.15) is 6.04 Å². The molecule has 1 aliphatic rings. The minimum absolute atomic E-state index is 0.121. The molecule has 5 heteroatoms. The molecular weight excluding hydrogens is 306 g/mol. The second kappa shape index (κ2) is 6.07. The number of nitriles is 1. The van der Waals surface area contributed by atoms with Gasteiger partial charge in [-0.2, -0.15) is 5.26 Å². The summed E-state index contributed by atoms with van der Waals surface area (Å²) in [5, 5.41) is 12.1. The third kappa shape index (κ3) is 3.48. The van der Waals surface area contributed by atoms with Crippen molar-refractivity contribution in [3.05, 3.63) is 28.2 Å². The van der Waals surface area contributed by atoms with E-state index in [0.29, 0.717) is 5.56 Å². The van der Waals surface area contributed by atoms with E-state index in [9.17, 15) is 4.79 Å². The number of benzene rings is 1. The predicted molar refractivity (Wildman–Crippen MR) is 77.8 cm³/mol. The lowest BCUT2D eigenvalue weighted by Gasteiger charge is -2.22. The molecule has 1 aliphatic heterocycles. The summed E-state index contributed by atoms with van der Waals surface area (Å²) in [6, 6.07) is 7.19. The van der Waals surface area contributed by atoms with Crippen molar-refractivity contribution in [1.29, 1.82) is 5.26 Å². The summed E-state index contributed by atoms with van der Waals surface area (Å²) in [6.07, 6.45) is 2.18. The fourth-order valence-electron chi connectivity index (χ4n) is 2.26. The van der Waals surface area contributed by atoms with E-state index in [1.807, 2.05) is 17.9 Å². The molecule has 4 nitrogen and oxygen atoms in total. The molecule has 1 heterocycles. The topological polar surface area (TPSA) is 56.1 Å². The van der Waals surface area contributed by atoms with E-state index in [1.54, 1.807) is 12.1 Å². The number of hydrogen-bond donors (Lipinski definition) is 1. The fraction of sp³-hybridized carbons (Fsp3) is 0.429. The Bertz CT molecular complexity index is 518. The number of amides is 1. The molecule has 2 rings (SSSR count). The third-order valence-corrected chi connectivity index (χ3v) is 3.66. The van der Waals surface area contributed by atoms with Crippen molar-refractivity contribution >= 4 is 27.5 Å². The quantitative estimate of drug-likeness (QED) is 0.931. The van der Waals surface area contributed by atoms with E-state index in [1.165, 1.54) is 0 Å². The molecule has 1 fully saturated rings. The second-order valence-electron chi connectivity index (χ2n) is 4.74. The molecule has 1 aromatic rings. The third-order valence-electron chi connectivity index (χ3n) is 3.20. The van der Waals surface area contributed by atoms with Crippen molar-refractivity contribution < 1.29 is 4.79 Å².